The fourth-order valence-corrected chi connectivity index (χ4v) is 3.22. The third-order valence-corrected chi connectivity index (χ3v) is 4.40. The van der Waals surface area contributed by atoms with Gasteiger partial charge in [0.1, 0.15) is 0 Å². The Morgan fingerprint density at radius 1 is 1.11 bits per heavy atom. The quantitative estimate of drug-likeness (QED) is 0.792. The van der Waals surface area contributed by atoms with Crippen molar-refractivity contribution in [3.8, 4) is 0 Å². The van der Waals surface area contributed by atoms with Gasteiger partial charge in [0.25, 0.3) is 0 Å². The topological polar surface area (TPSA) is 29.1 Å². The predicted octanol–water partition coefficient (Wildman–Crippen LogP) is 2.78. The molecule has 2 fully saturated rings. The van der Waals surface area contributed by atoms with Gasteiger partial charge in [-0.1, -0.05) is 30.3 Å². The van der Waals surface area contributed by atoms with Gasteiger partial charge >= 0.3 is 0 Å². The largest absolute Gasteiger partial charge is 0.356 e. The number of rotatable bonds is 5. The molecule has 0 radical (unpaired) electrons. The van der Waals surface area contributed by atoms with Crippen molar-refractivity contribution in [3.05, 3.63) is 35.9 Å². The van der Waals surface area contributed by atoms with Crippen molar-refractivity contribution in [2.24, 2.45) is 17.8 Å². The normalized spacial score (nSPS) is 28.8. The summed E-state index contributed by atoms with van der Waals surface area (Å²) in [6.07, 6.45) is 5.77. The van der Waals surface area contributed by atoms with Crippen molar-refractivity contribution in [3.63, 3.8) is 0 Å². The van der Waals surface area contributed by atoms with Crippen molar-refractivity contribution in [2.75, 3.05) is 6.54 Å². The maximum absolute atomic E-state index is 11.9. The molecule has 0 spiro atoms. The summed E-state index contributed by atoms with van der Waals surface area (Å²) in [6.45, 7) is 0.819. The van der Waals surface area contributed by atoms with Crippen LogP contribution in [0.2, 0.25) is 0 Å². The van der Waals surface area contributed by atoms with Crippen LogP contribution < -0.4 is 5.32 Å². The van der Waals surface area contributed by atoms with Crippen LogP contribution >= 0.6 is 0 Å². The zero-order chi connectivity index (χ0) is 12.4. The number of amides is 1. The second kappa shape index (κ2) is 5.13. The van der Waals surface area contributed by atoms with Crippen LogP contribution in [-0.4, -0.2) is 12.5 Å². The second-order valence-corrected chi connectivity index (χ2v) is 5.80. The second-order valence-electron chi connectivity index (χ2n) is 5.80. The molecule has 2 atom stereocenters. The molecule has 1 aromatic rings. The zero-order valence-electron chi connectivity index (χ0n) is 10.8. The van der Waals surface area contributed by atoms with E-state index in [0.29, 0.717) is 11.8 Å². The zero-order valence-corrected chi connectivity index (χ0v) is 10.8. The summed E-state index contributed by atoms with van der Waals surface area (Å²) in [5.74, 6) is 2.41. The fraction of sp³-hybridized carbons (Fsp3) is 0.562. The van der Waals surface area contributed by atoms with Crippen LogP contribution in [0.25, 0.3) is 0 Å². The van der Waals surface area contributed by atoms with Crippen molar-refractivity contribution >= 4 is 5.91 Å². The Balaban J connectivity index is 1.33. The lowest BCUT2D eigenvalue weighted by atomic mass is 10.0. The number of carbonyl (C=O) groups excluding carboxylic acids is 1. The van der Waals surface area contributed by atoms with Gasteiger partial charge in [0, 0.05) is 12.5 Å². The van der Waals surface area contributed by atoms with Gasteiger partial charge < -0.3 is 5.32 Å². The molecular weight excluding hydrogens is 222 g/mol. The van der Waals surface area contributed by atoms with E-state index >= 15 is 0 Å². The van der Waals surface area contributed by atoms with Crippen LogP contribution in [0.5, 0.6) is 0 Å². The summed E-state index contributed by atoms with van der Waals surface area (Å²) in [7, 11) is 0. The number of carbonyl (C=O) groups is 1. The van der Waals surface area contributed by atoms with E-state index in [1.165, 1.54) is 12.0 Å². The maximum atomic E-state index is 11.9. The number of hydrogen-bond donors (Lipinski definition) is 1. The Morgan fingerprint density at radius 2 is 1.83 bits per heavy atom. The molecule has 2 aliphatic rings. The monoisotopic (exact) mass is 243 g/mol. The lowest BCUT2D eigenvalue weighted by molar-refractivity contribution is -0.125. The molecule has 96 valence electrons. The Kier molecular flexibility index (Phi) is 3.35. The summed E-state index contributed by atoms with van der Waals surface area (Å²) in [4.78, 5) is 11.9. The maximum Gasteiger partial charge on any atom is 0.223 e. The highest BCUT2D eigenvalue weighted by molar-refractivity contribution is 5.79. The molecule has 3 rings (SSSR count). The van der Waals surface area contributed by atoms with Crippen LogP contribution in [0.15, 0.2) is 30.3 Å². The first-order valence-electron chi connectivity index (χ1n) is 7.14. The molecule has 2 aliphatic carbocycles. The van der Waals surface area contributed by atoms with E-state index in [0.717, 1.165) is 44.1 Å². The van der Waals surface area contributed by atoms with E-state index in [2.05, 4.69) is 29.6 Å². The molecule has 18 heavy (non-hydrogen) atoms. The average molecular weight is 243 g/mol. The smallest absolute Gasteiger partial charge is 0.223 e. The van der Waals surface area contributed by atoms with E-state index in [-0.39, 0.29) is 0 Å². The summed E-state index contributed by atoms with van der Waals surface area (Å²) < 4.78 is 0. The van der Waals surface area contributed by atoms with Gasteiger partial charge in [0.05, 0.1) is 0 Å². The summed E-state index contributed by atoms with van der Waals surface area (Å²) >= 11 is 0. The molecule has 1 amide bonds. The molecular formula is C16H21NO. The van der Waals surface area contributed by atoms with E-state index in [1.54, 1.807) is 0 Å². The van der Waals surface area contributed by atoms with E-state index in [4.69, 9.17) is 0 Å². The summed E-state index contributed by atoms with van der Waals surface area (Å²) in [6, 6.07) is 10.5. The first-order valence-corrected chi connectivity index (χ1v) is 7.14. The number of nitrogens with one attached hydrogen (secondary N) is 1. The van der Waals surface area contributed by atoms with Gasteiger partial charge in [-0.3, -0.25) is 4.79 Å². The van der Waals surface area contributed by atoms with Crippen molar-refractivity contribution in [2.45, 2.75) is 32.1 Å². The Bertz CT molecular complexity index is 404. The Hall–Kier alpha value is -1.31. The van der Waals surface area contributed by atoms with E-state index < -0.39 is 0 Å². The molecule has 0 aliphatic heterocycles. The highest BCUT2D eigenvalue weighted by Crippen LogP contribution is 2.54. The van der Waals surface area contributed by atoms with Gasteiger partial charge in [-0.05, 0) is 49.5 Å². The minimum atomic E-state index is 0.301. The SMILES string of the molecule is O=C(NCCCc1ccccc1)C1CC2CC2C1. The third kappa shape index (κ3) is 2.74. The molecule has 1 N–H and O–H groups in total. The lowest BCUT2D eigenvalue weighted by Gasteiger charge is -2.12. The highest BCUT2D eigenvalue weighted by Gasteiger charge is 2.47. The molecule has 0 saturated heterocycles. The molecule has 2 nitrogen and oxygen atoms in total. The molecule has 2 heteroatoms. The van der Waals surface area contributed by atoms with Crippen molar-refractivity contribution in [1.29, 1.82) is 0 Å². The van der Waals surface area contributed by atoms with Gasteiger partial charge in [0.15, 0.2) is 0 Å². The Morgan fingerprint density at radius 3 is 2.56 bits per heavy atom. The standard InChI is InChI=1S/C16H21NO/c18-16(15-10-13-9-14(13)11-15)17-8-4-7-12-5-2-1-3-6-12/h1-3,5-6,13-15H,4,7-11H2,(H,17,18). The lowest BCUT2D eigenvalue weighted by Crippen LogP contribution is -2.31. The fourth-order valence-electron chi connectivity index (χ4n) is 3.22. The van der Waals surface area contributed by atoms with Gasteiger partial charge in [0.2, 0.25) is 5.91 Å². The van der Waals surface area contributed by atoms with Crippen LogP contribution in [0.3, 0.4) is 0 Å². The van der Waals surface area contributed by atoms with E-state index in [9.17, 15) is 4.79 Å². The number of aryl methyl sites for hydroxylation is 1. The van der Waals surface area contributed by atoms with Gasteiger partial charge in [-0.15, -0.1) is 0 Å². The number of benzene rings is 1. The number of hydrogen-bond acceptors (Lipinski definition) is 1. The first-order chi connectivity index (χ1) is 8.83. The minimum absolute atomic E-state index is 0.301. The first kappa shape index (κ1) is 11.8. The van der Waals surface area contributed by atoms with Crippen molar-refractivity contribution < 1.29 is 4.79 Å². The molecule has 2 unspecified atom stereocenters. The highest BCUT2D eigenvalue weighted by atomic mass is 16.1. The molecule has 0 bridgehead atoms. The van der Waals surface area contributed by atoms with Crippen LogP contribution in [0, 0.1) is 17.8 Å². The molecule has 1 aromatic carbocycles. The predicted molar refractivity (Wildman–Crippen MR) is 72.1 cm³/mol. The summed E-state index contributed by atoms with van der Waals surface area (Å²) in [5.41, 5.74) is 1.36. The van der Waals surface area contributed by atoms with Crippen LogP contribution in [0.1, 0.15) is 31.2 Å². The Labute approximate surface area is 109 Å². The molecule has 0 heterocycles. The summed E-state index contributed by atoms with van der Waals surface area (Å²) in [5, 5.41) is 3.10. The van der Waals surface area contributed by atoms with Crippen molar-refractivity contribution in [1.82, 2.24) is 5.32 Å². The molecule has 0 aromatic heterocycles. The van der Waals surface area contributed by atoms with Crippen LogP contribution in [-0.2, 0) is 11.2 Å². The number of fused-ring (bicyclic) bond motifs is 1. The third-order valence-electron chi connectivity index (χ3n) is 4.40. The van der Waals surface area contributed by atoms with Crippen LogP contribution in [0.4, 0.5) is 0 Å². The van der Waals surface area contributed by atoms with Gasteiger partial charge in [-0.25, -0.2) is 0 Å². The van der Waals surface area contributed by atoms with E-state index in [1.807, 2.05) is 6.07 Å². The average Bonchev–Trinajstić information content (AvgIpc) is 3.02. The minimum Gasteiger partial charge on any atom is -0.356 e. The molecule has 2 saturated carbocycles. The van der Waals surface area contributed by atoms with Gasteiger partial charge in [-0.2, -0.15) is 0 Å².